The van der Waals surface area contributed by atoms with Crippen molar-refractivity contribution in [3.63, 3.8) is 0 Å². The molecular weight excluding hydrogens is 392 g/mol. The zero-order chi connectivity index (χ0) is 20.5. The Hall–Kier alpha value is -3.00. The molecule has 2 N–H and O–H groups in total. The minimum atomic E-state index is -1.40. The van der Waals surface area contributed by atoms with E-state index >= 15 is 0 Å². The van der Waals surface area contributed by atoms with Gasteiger partial charge in [0.05, 0.1) is 5.69 Å². The lowest BCUT2D eigenvalue weighted by atomic mass is 9.87. The van der Waals surface area contributed by atoms with Crippen LogP contribution < -0.4 is 10.6 Å². The van der Waals surface area contributed by atoms with Crippen LogP contribution in [0.3, 0.4) is 0 Å². The van der Waals surface area contributed by atoms with Crippen LogP contribution in [0.25, 0.3) is 0 Å². The average Bonchev–Trinajstić information content (AvgIpc) is 2.90. The van der Waals surface area contributed by atoms with E-state index in [0.29, 0.717) is 5.56 Å². The van der Waals surface area contributed by atoms with Gasteiger partial charge in [0.1, 0.15) is 23.7 Å². The molecule has 0 radical (unpaired) electrons. The SMILES string of the molecule is CCC1(c2ccc(F)cc2)NC(=O)N(CC(=O)Nc2cc(Cl)ccc2F)C1=O. The predicted molar refractivity (Wildman–Crippen MR) is 98.7 cm³/mol. The number of rotatable bonds is 5. The highest BCUT2D eigenvalue weighted by atomic mass is 35.5. The number of anilines is 1. The van der Waals surface area contributed by atoms with E-state index in [-0.39, 0.29) is 17.1 Å². The third kappa shape index (κ3) is 3.55. The van der Waals surface area contributed by atoms with Gasteiger partial charge in [-0.05, 0) is 42.3 Å². The van der Waals surface area contributed by atoms with Gasteiger partial charge < -0.3 is 10.6 Å². The van der Waals surface area contributed by atoms with Crippen LogP contribution in [0, 0.1) is 11.6 Å². The van der Waals surface area contributed by atoms with E-state index in [0.717, 1.165) is 11.0 Å². The number of nitrogens with zero attached hydrogens (tertiary/aromatic N) is 1. The maximum absolute atomic E-state index is 13.8. The van der Waals surface area contributed by atoms with Crippen molar-refractivity contribution in [3.05, 3.63) is 64.7 Å². The third-order valence-corrected chi connectivity index (χ3v) is 4.78. The number of urea groups is 1. The van der Waals surface area contributed by atoms with Crippen LogP contribution in [0.4, 0.5) is 19.3 Å². The lowest BCUT2D eigenvalue weighted by molar-refractivity contribution is -0.134. The molecule has 1 unspecified atom stereocenters. The zero-order valence-electron chi connectivity index (χ0n) is 14.8. The van der Waals surface area contributed by atoms with Gasteiger partial charge in [0, 0.05) is 5.02 Å². The summed E-state index contributed by atoms with van der Waals surface area (Å²) >= 11 is 5.78. The minimum absolute atomic E-state index is 0.162. The van der Waals surface area contributed by atoms with Crippen molar-refractivity contribution in [2.24, 2.45) is 0 Å². The molecule has 1 aliphatic rings. The summed E-state index contributed by atoms with van der Waals surface area (Å²) in [5, 5.41) is 5.09. The normalized spacial score (nSPS) is 18.9. The first-order valence-electron chi connectivity index (χ1n) is 8.42. The molecule has 28 heavy (non-hydrogen) atoms. The summed E-state index contributed by atoms with van der Waals surface area (Å²) in [6.45, 7) is 1.08. The van der Waals surface area contributed by atoms with E-state index in [9.17, 15) is 23.2 Å². The van der Waals surface area contributed by atoms with Crippen molar-refractivity contribution < 1.29 is 23.2 Å². The lowest BCUT2D eigenvalue weighted by Gasteiger charge is -2.25. The number of amides is 4. The molecule has 0 saturated carbocycles. The van der Waals surface area contributed by atoms with Crippen molar-refractivity contribution in [1.29, 1.82) is 0 Å². The van der Waals surface area contributed by atoms with E-state index < -0.39 is 41.6 Å². The van der Waals surface area contributed by atoms with Crippen LogP contribution in [-0.4, -0.2) is 29.3 Å². The Labute approximate surface area is 164 Å². The first-order chi connectivity index (χ1) is 13.3. The highest BCUT2D eigenvalue weighted by Crippen LogP contribution is 2.32. The van der Waals surface area contributed by atoms with Crippen molar-refractivity contribution in [2.75, 3.05) is 11.9 Å². The Morgan fingerprint density at radius 3 is 2.50 bits per heavy atom. The van der Waals surface area contributed by atoms with Crippen molar-refractivity contribution in [3.8, 4) is 0 Å². The number of hydrogen-bond acceptors (Lipinski definition) is 3. The minimum Gasteiger partial charge on any atom is -0.322 e. The number of halogens is 3. The zero-order valence-corrected chi connectivity index (χ0v) is 15.5. The van der Waals surface area contributed by atoms with Gasteiger partial charge in [-0.25, -0.2) is 13.6 Å². The molecule has 1 heterocycles. The Morgan fingerprint density at radius 2 is 1.86 bits per heavy atom. The molecule has 0 aliphatic carbocycles. The summed E-state index contributed by atoms with van der Waals surface area (Å²) in [6, 6.07) is 8.04. The van der Waals surface area contributed by atoms with Gasteiger partial charge in [0.2, 0.25) is 5.91 Å². The van der Waals surface area contributed by atoms with Crippen molar-refractivity contribution >= 4 is 35.1 Å². The van der Waals surface area contributed by atoms with Crippen LogP contribution in [0.1, 0.15) is 18.9 Å². The molecule has 4 amide bonds. The number of nitrogens with one attached hydrogen (secondary N) is 2. The largest absolute Gasteiger partial charge is 0.325 e. The summed E-state index contributed by atoms with van der Waals surface area (Å²) in [5.74, 6) is -2.60. The molecule has 2 aromatic rings. The number of benzene rings is 2. The van der Waals surface area contributed by atoms with Crippen molar-refractivity contribution in [1.82, 2.24) is 10.2 Å². The molecule has 3 rings (SSSR count). The molecule has 2 aromatic carbocycles. The molecule has 146 valence electrons. The highest BCUT2D eigenvalue weighted by Gasteiger charge is 2.51. The van der Waals surface area contributed by atoms with Gasteiger partial charge in [-0.1, -0.05) is 30.7 Å². The Balaban J connectivity index is 1.80. The van der Waals surface area contributed by atoms with Gasteiger partial charge in [0.25, 0.3) is 5.91 Å². The fourth-order valence-electron chi connectivity index (χ4n) is 3.07. The highest BCUT2D eigenvalue weighted by molar-refractivity contribution is 6.30. The van der Waals surface area contributed by atoms with Crippen LogP contribution in [0.2, 0.25) is 5.02 Å². The van der Waals surface area contributed by atoms with E-state index in [2.05, 4.69) is 10.6 Å². The summed E-state index contributed by atoms with van der Waals surface area (Å²) in [5.41, 5.74) is -1.16. The quantitative estimate of drug-likeness (QED) is 0.745. The molecule has 0 bridgehead atoms. The Bertz CT molecular complexity index is 952. The smallest absolute Gasteiger partial charge is 0.322 e. The van der Waals surface area contributed by atoms with Crippen LogP contribution >= 0.6 is 11.6 Å². The first kappa shape index (κ1) is 19.8. The molecule has 1 fully saturated rings. The van der Waals surface area contributed by atoms with Gasteiger partial charge in [-0.15, -0.1) is 0 Å². The maximum Gasteiger partial charge on any atom is 0.325 e. The number of carbonyl (C=O) groups is 3. The van der Waals surface area contributed by atoms with E-state index in [1.165, 1.54) is 36.4 Å². The molecule has 0 aromatic heterocycles. The van der Waals surface area contributed by atoms with E-state index in [1.807, 2.05) is 0 Å². The Kier molecular flexibility index (Phi) is 5.33. The van der Waals surface area contributed by atoms with Gasteiger partial charge in [-0.2, -0.15) is 0 Å². The second-order valence-electron chi connectivity index (χ2n) is 6.26. The Morgan fingerprint density at radius 1 is 1.18 bits per heavy atom. The summed E-state index contributed by atoms with van der Waals surface area (Å²) in [6.07, 6.45) is 0.199. The van der Waals surface area contributed by atoms with E-state index in [1.54, 1.807) is 6.92 Å². The number of carbonyl (C=O) groups excluding carboxylic acids is 3. The average molecular weight is 408 g/mol. The standard InChI is InChI=1S/C19H16ClF2N3O3/c1-2-19(11-3-6-13(21)7-4-11)17(27)25(18(28)24-19)10-16(26)23-15-9-12(20)5-8-14(15)22/h3-9H,2,10H2,1H3,(H,23,26)(H,24,28). The fourth-order valence-corrected chi connectivity index (χ4v) is 3.24. The summed E-state index contributed by atoms with van der Waals surface area (Å²) < 4.78 is 27.0. The topological polar surface area (TPSA) is 78.5 Å². The fraction of sp³-hybridized carbons (Fsp3) is 0.211. The lowest BCUT2D eigenvalue weighted by Crippen LogP contribution is -2.44. The third-order valence-electron chi connectivity index (χ3n) is 4.55. The van der Waals surface area contributed by atoms with Gasteiger partial charge in [-0.3, -0.25) is 14.5 Å². The number of hydrogen-bond donors (Lipinski definition) is 2. The number of imide groups is 1. The van der Waals surface area contributed by atoms with Crippen molar-refractivity contribution in [2.45, 2.75) is 18.9 Å². The second-order valence-corrected chi connectivity index (χ2v) is 6.70. The van der Waals surface area contributed by atoms with Crippen LogP contribution in [0.5, 0.6) is 0 Å². The predicted octanol–water partition coefficient (Wildman–Crippen LogP) is 3.41. The molecular formula is C19H16ClF2N3O3. The monoisotopic (exact) mass is 407 g/mol. The van der Waals surface area contributed by atoms with Gasteiger partial charge >= 0.3 is 6.03 Å². The van der Waals surface area contributed by atoms with Gasteiger partial charge in [0.15, 0.2) is 0 Å². The molecule has 0 spiro atoms. The molecule has 6 nitrogen and oxygen atoms in total. The molecule has 1 atom stereocenters. The second kappa shape index (κ2) is 7.55. The summed E-state index contributed by atoms with van der Waals surface area (Å²) in [4.78, 5) is 38.3. The van der Waals surface area contributed by atoms with E-state index in [4.69, 9.17) is 11.6 Å². The first-order valence-corrected chi connectivity index (χ1v) is 8.79. The summed E-state index contributed by atoms with van der Waals surface area (Å²) in [7, 11) is 0. The molecule has 9 heteroatoms. The maximum atomic E-state index is 13.8. The molecule has 1 saturated heterocycles. The van der Waals surface area contributed by atoms with Crippen LogP contribution in [-0.2, 0) is 15.1 Å². The van der Waals surface area contributed by atoms with Crippen LogP contribution in [0.15, 0.2) is 42.5 Å². The molecule has 1 aliphatic heterocycles.